The number of nitrogens with two attached hydrogens (primary N) is 1. The van der Waals surface area contributed by atoms with Crippen LogP contribution < -0.4 is 15.2 Å². The largest absolute Gasteiger partial charge is 0.496 e. The zero-order valence-corrected chi connectivity index (χ0v) is 12.4. The molecule has 1 atom stereocenters. The predicted octanol–water partition coefficient (Wildman–Crippen LogP) is 3.66. The van der Waals surface area contributed by atoms with Crippen molar-refractivity contribution in [3.8, 4) is 11.5 Å². The molecule has 0 spiro atoms. The van der Waals surface area contributed by atoms with Gasteiger partial charge in [0, 0.05) is 21.3 Å². The molecule has 19 heavy (non-hydrogen) atoms. The number of halogens is 1. The summed E-state index contributed by atoms with van der Waals surface area (Å²) in [5.41, 5.74) is 7.23. The Bertz CT molecular complexity index is 556. The van der Waals surface area contributed by atoms with E-state index >= 15 is 0 Å². The van der Waals surface area contributed by atoms with Crippen LogP contribution in [0.5, 0.6) is 11.5 Å². The van der Waals surface area contributed by atoms with E-state index in [0.29, 0.717) is 11.4 Å². The molecule has 1 aromatic heterocycles. The van der Waals surface area contributed by atoms with E-state index in [1.54, 1.807) is 25.6 Å². The van der Waals surface area contributed by atoms with Crippen molar-refractivity contribution in [2.24, 2.45) is 5.73 Å². The smallest absolute Gasteiger partial charge is 0.129 e. The zero-order valence-electron chi connectivity index (χ0n) is 10.9. The first kappa shape index (κ1) is 14.2. The zero-order chi connectivity index (χ0) is 13.8. The third-order valence-electron chi connectivity index (χ3n) is 2.88. The van der Waals surface area contributed by atoms with Crippen LogP contribution in [0.2, 0.25) is 5.02 Å². The van der Waals surface area contributed by atoms with E-state index < -0.39 is 0 Å². The van der Waals surface area contributed by atoms with Crippen molar-refractivity contribution in [2.45, 2.75) is 12.5 Å². The highest BCUT2D eigenvalue weighted by Gasteiger charge is 2.13. The number of methoxy groups -OCH3 is 2. The summed E-state index contributed by atoms with van der Waals surface area (Å²) in [6, 6.07) is 7.43. The topological polar surface area (TPSA) is 44.5 Å². The van der Waals surface area contributed by atoms with Crippen LogP contribution in [0.15, 0.2) is 29.6 Å². The molecule has 0 bridgehead atoms. The van der Waals surface area contributed by atoms with Gasteiger partial charge in [-0.2, -0.15) is 0 Å². The van der Waals surface area contributed by atoms with Crippen LogP contribution in [0, 0.1) is 0 Å². The molecule has 5 heteroatoms. The molecule has 102 valence electrons. The third-order valence-corrected chi connectivity index (χ3v) is 4.16. The number of hydrogen-bond acceptors (Lipinski definition) is 4. The second-order valence-electron chi connectivity index (χ2n) is 4.16. The van der Waals surface area contributed by atoms with Gasteiger partial charge in [0.05, 0.1) is 14.2 Å². The maximum Gasteiger partial charge on any atom is 0.129 e. The van der Waals surface area contributed by atoms with E-state index in [1.807, 2.05) is 29.6 Å². The van der Waals surface area contributed by atoms with Gasteiger partial charge in [0.2, 0.25) is 0 Å². The summed E-state index contributed by atoms with van der Waals surface area (Å²) in [6.07, 6.45) is 0.674. The van der Waals surface area contributed by atoms with Crippen molar-refractivity contribution < 1.29 is 9.47 Å². The van der Waals surface area contributed by atoms with Crippen LogP contribution in [0.1, 0.15) is 16.5 Å². The van der Waals surface area contributed by atoms with Gasteiger partial charge in [0.15, 0.2) is 0 Å². The molecule has 2 N–H and O–H groups in total. The highest BCUT2D eigenvalue weighted by atomic mass is 35.5. The fourth-order valence-electron chi connectivity index (χ4n) is 1.88. The second kappa shape index (κ2) is 6.28. The van der Waals surface area contributed by atoms with E-state index in [-0.39, 0.29) is 6.04 Å². The van der Waals surface area contributed by atoms with E-state index in [9.17, 15) is 0 Å². The molecule has 3 nitrogen and oxygen atoms in total. The lowest BCUT2D eigenvalue weighted by Crippen LogP contribution is -2.12. The van der Waals surface area contributed by atoms with Crippen molar-refractivity contribution >= 4 is 22.9 Å². The Morgan fingerprint density at radius 3 is 2.68 bits per heavy atom. The second-order valence-corrected chi connectivity index (χ2v) is 5.53. The average Bonchev–Trinajstić information content (AvgIpc) is 2.88. The van der Waals surface area contributed by atoms with Gasteiger partial charge in [-0.15, -0.1) is 11.3 Å². The lowest BCUT2D eigenvalue weighted by atomic mass is 10.0. The molecule has 0 saturated carbocycles. The van der Waals surface area contributed by atoms with Gasteiger partial charge in [-0.25, -0.2) is 0 Å². The van der Waals surface area contributed by atoms with E-state index in [1.165, 1.54) is 0 Å². The monoisotopic (exact) mass is 297 g/mol. The summed E-state index contributed by atoms with van der Waals surface area (Å²) in [5, 5.41) is 2.64. The number of ether oxygens (including phenoxy) is 2. The summed E-state index contributed by atoms with van der Waals surface area (Å²) < 4.78 is 10.5. The molecule has 0 amide bonds. The van der Waals surface area contributed by atoms with Gasteiger partial charge in [0.25, 0.3) is 0 Å². The molecule has 0 radical (unpaired) electrons. The maximum absolute atomic E-state index is 6.22. The van der Waals surface area contributed by atoms with Gasteiger partial charge in [0.1, 0.15) is 11.5 Å². The Kier molecular flexibility index (Phi) is 4.69. The lowest BCUT2D eigenvalue weighted by Gasteiger charge is -2.13. The van der Waals surface area contributed by atoms with Crippen molar-refractivity contribution in [3.05, 3.63) is 45.1 Å². The third kappa shape index (κ3) is 3.41. The van der Waals surface area contributed by atoms with Gasteiger partial charge >= 0.3 is 0 Å². The molecular formula is C14H16ClNO2S. The Balaban J connectivity index is 2.18. The quantitative estimate of drug-likeness (QED) is 0.916. The Hall–Kier alpha value is -1.23. The summed E-state index contributed by atoms with van der Waals surface area (Å²) >= 11 is 7.61. The molecule has 0 saturated heterocycles. The van der Waals surface area contributed by atoms with Crippen LogP contribution >= 0.6 is 22.9 Å². The fraction of sp³-hybridized carbons (Fsp3) is 0.286. The molecule has 2 aromatic rings. The van der Waals surface area contributed by atoms with Crippen molar-refractivity contribution in [1.82, 2.24) is 0 Å². The van der Waals surface area contributed by atoms with E-state index in [2.05, 4.69) is 0 Å². The molecule has 1 unspecified atom stereocenters. The fourth-order valence-corrected chi connectivity index (χ4v) is 2.93. The number of rotatable bonds is 5. The molecule has 0 aliphatic rings. The normalized spacial score (nSPS) is 12.2. The number of hydrogen-bond donors (Lipinski definition) is 1. The van der Waals surface area contributed by atoms with Crippen LogP contribution in [0.4, 0.5) is 0 Å². The van der Waals surface area contributed by atoms with Gasteiger partial charge in [-0.1, -0.05) is 11.6 Å². The standard InChI is InChI=1S/C14H16ClNO2S/c1-17-11-7-14(19-8-11)12(16)6-9-5-10(15)3-4-13(9)18-2/h3-5,7-8,12H,6,16H2,1-2H3. The Morgan fingerprint density at radius 1 is 1.26 bits per heavy atom. The Morgan fingerprint density at radius 2 is 2.05 bits per heavy atom. The molecule has 0 fully saturated rings. The number of thiophene rings is 1. The molecule has 0 aliphatic heterocycles. The Labute approximate surface area is 121 Å². The summed E-state index contributed by atoms with van der Waals surface area (Å²) in [6.45, 7) is 0. The van der Waals surface area contributed by atoms with Crippen molar-refractivity contribution in [2.75, 3.05) is 14.2 Å². The van der Waals surface area contributed by atoms with Crippen LogP contribution in [-0.2, 0) is 6.42 Å². The van der Waals surface area contributed by atoms with Crippen molar-refractivity contribution in [3.63, 3.8) is 0 Å². The highest BCUT2D eigenvalue weighted by molar-refractivity contribution is 7.10. The minimum atomic E-state index is -0.0960. The SMILES string of the molecule is COc1csc(C(N)Cc2cc(Cl)ccc2OC)c1. The van der Waals surface area contributed by atoms with E-state index in [4.69, 9.17) is 26.8 Å². The first-order valence-corrected chi connectivity index (χ1v) is 7.10. The van der Waals surface area contributed by atoms with E-state index in [0.717, 1.165) is 21.9 Å². The first-order valence-electron chi connectivity index (χ1n) is 5.84. The van der Waals surface area contributed by atoms with Gasteiger partial charge < -0.3 is 15.2 Å². The maximum atomic E-state index is 6.22. The predicted molar refractivity (Wildman–Crippen MR) is 79.5 cm³/mol. The lowest BCUT2D eigenvalue weighted by molar-refractivity contribution is 0.408. The van der Waals surface area contributed by atoms with Gasteiger partial charge in [-0.05, 0) is 36.2 Å². The minimum Gasteiger partial charge on any atom is -0.496 e. The number of benzene rings is 1. The molecular weight excluding hydrogens is 282 g/mol. The first-order chi connectivity index (χ1) is 9.13. The average molecular weight is 298 g/mol. The van der Waals surface area contributed by atoms with Crippen LogP contribution in [0.3, 0.4) is 0 Å². The summed E-state index contributed by atoms with van der Waals surface area (Å²) in [4.78, 5) is 1.08. The highest BCUT2D eigenvalue weighted by Crippen LogP contribution is 2.31. The molecule has 1 heterocycles. The minimum absolute atomic E-state index is 0.0960. The summed E-state index contributed by atoms with van der Waals surface area (Å²) in [5.74, 6) is 1.65. The van der Waals surface area contributed by atoms with Crippen LogP contribution in [0.25, 0.3) is 0 Å². The molecule has 0 aliphatic carbocycles. The van der Waals surface area contributed by atoms with Crippen molar-refractivity contribution in [1.29, 1.82) is 0 Å². The molecule has 1 aromatic carbocycles. The molecule has 2 rings (SSSR count). The summed E-state index contributed by atoms with van der Waals surface area (Å²) in [7, 11) is 3.30. The van der Waals surface area contributed by atoms with Crippen LogP contribution in [-0.4, -0.2) is 14.2 Å². The van der Waals surface area contributed by atoms with Gasteiger partial charge in [-0.3, -0.25) is 0 Å².